The fourth-order valence-corrected chi connectivity index (χ4v) is 3.19. The number of hydrogen-bond donors (Lipinski definition) is 1. The second-order valence-electron chi connectivity index (χ2n) is 7.30. The van der Waals surface area contributed by atoms with Gasteiger partial charge in [-0.3, -0.25) is 10.00 Å². The zero-order valence-corrected chi connectivity index (χ0v) is 17.7. The molecule has 0 atom stereocenters. The number of hydrogen-bond acceptors (Lipinski definition) is 5. The van der Waals surface area contributed by atoms with Crippen LogP contribution in [0, 0.1) is 6.92 Å². The highest BCUT2D eigenvalue weighted by atomic mass is 16.6. The lowest BCUT2D eigenvalue weighted by molar-refractivity contribution is 0.0602. The molecule has 0 fully saturated rings. The van der Waals surface area contributed by atoms with Crippen molar-refractivity contribution in [2.24, 2.45) is 7.05 Å². The predicted octanol–water partition coefficient (Wildman–Crippen LogP) is 4.92. The highest BCUT2D eigenvalue weighted by Crippen LogP contribution is 2.34. The molecule has 7 heteroatoms. The topological polar surface area (TPSA) is 82.5 Å². The first-order chi connectivity index (χ1) is 14.3. The number of rotatable bonds is 5. The molecule has 0 aliphatic heterocycles. The van der Waals surface area contributed by atoms with Gasteiger partial charge in [0.25, 0.3) is 0 Å². The molecular formula is C23H25N3O4. The number of methoxy groups -OCH3 is 1. The summed E-state index contributed by atoms with van der Waals surface area (Å²) in [6, 6.07) is 12.5. The molecule has 1 N–H and O–H groups in total. The molecule has 1 amide bonds. The van der Waals surface area contributed by atoms with Gasteiger partial charge in [0.2, 0.25) is 0 Å². The Kier molecular flexibility index (Phi) is 6.20. The van der Waals surface area contributed by atoms with Gasteiger partial charge in [-0.05, 0) is 48.7 Å². The minimum absolute atomic E-state index is 0.135. The lowest BCUT2D eigenvalue weighted by Crippen LogP contribution is -2.20. The maximum Gasteiger partial charge on any atom is 0.417 e. The summed E-state index contributed by atoms with van der Waals surface area (Å²) in [5.41, 5.74) is 4.29. The highest BCUT2D eigenvalue weighted by molar-refractivity contribution is 6.01. The molecule has 0 unspecified atom stereocenters. The van der Waals surface area contributed by atoms with Gasteiger partial charge in [0.15, 0.2) is 0 Å². The van der Waals surface area contributed by atoms with Gasteiger partial charge in [0, 0.05) is 18.8 Å². The van der Waals surface area contributed by atoms with Crippen LogP contribution in [0.1, 0.15) is 41.3 Å². The van der Waals surface area contributed by atoms with Crippen molar-refractivity contribution in [1.82, 2.24) is 9.78 Å². The van der Waals surface area contributed by atoms with E-state index < -0.39 is 12.1 Å². The number of carbonyl (C=O) groups excluding carboxylic acids is 2. The number of benzene rings is 2. The fraction of sp³-hybridized carbons (Fsp3) is 0.261. The van der Waals surface area contributed by atoms with E-state index in [0.29, 0.717) is 11.4 Å². The predicted molar refractivity (Wildman–Crippen MR) is 115 cm³/mol. The second-order valence-corrected chi connectivity index (χ2v) is 7.30. The highest BCUT2D eigenvalue weighted by Gasteiger charge is 2.21. The SMILES string of the molecule is COC(=O)c1cc(-c2ccnn2C)c(C(C)C)cc1NC(=O)Oc1ccc(C)cc1. The molecule has 30 heavy (non-hydrogen) atoms. The minimum atomic E-state index is -0.688. The first-order valence-corrected chi connectivity index (χ1v) is 9.60. The number of aryl methyl sites for hydroxylation is 2. The van der Waals surface area contributed by atoms with E-state index in [1.54, 1.807) is 35.1 Å². The molecule has 1 aromatic heterocycles. The average Bonchev–Trinajstić information content (AvgIpc) is 3.14. The van der Waals surface area contributed by atoms with E-state index in [0.717, 1.165) is 22.4 Å². The Balaban J connectivity index is 2.01. The van der Waals surface area contributed by atoms with E-state index >= 15 is 0 Å². The molecule has 3 rings (SSSR count). The van der Waals surface area contributed by atoms with Crippen LogP contribution >= 0.6 is 0 Å². The normalized spacial score (nSPS) is 10.7. The lowest BCUT2D eigenvalue weighted by atomic mass is 9.92. The molecule has 0 bridgehead atoms. The van der Waals surface area contributed by atoms with Crippen LogP contribution in [0.25, 0.3) is 11.3 Å². The van der Waals surface area contributed by atoms with Crippen molar-refractivity contribution in [3.05, 3.63) is 65.4 Å². The zero-order valence-electron chi connectivity index (χ0n) is 17.7. The Hall–Kier alpha value is -3.61. The molecule has 2 aromatic carbocycles. The molecule has 0 aliphatic rings. The summed E-state index contributed by atoms with van der Waals surface area (Å²) in [4.78, 5) is 24.9. The van der Waals surface area contributed by atoms with Gasteiger partial charge in [0.1, 0.15) is 5.75 Å². The molecular weight excluding hydrogens is 382 g/mol. The first kappa shape index (κ1) is 21.1. The monoisotopic (exact) mass is 407 g/mol. The summed E-state index contributed by atoms with van der Waals surface area (Å²) in [7, 11) is 3.14. The van der Waals surface area contributed by atoms with Crippen molar-refractivity contribution in [1.29, 1.82) is 0 Å². The van der Waals surface area contributed by atoms with Gasteiger partial charge in [-0.1, -0.05) is 31.5 Å². The summed E-state index contributed by atoms with van der Waals surface area (Å²) in [5, 5.41) is 6.91. The van der Waals surface area contributed by atoms with Crippen molar-refractivity contribution >= 4 is 17.7 Å². The van der Waals surface area contributed by atoms with Gasteiger partial charge >= 0.3 is 12.1 Å². The Labute approximate surface area is 175 Å². The minimum Gasteiger partial charge on any atom is -0.465 e. The Morgan fingerprint density at radius 2 is 1.80 bits per heavy atom. The Morgan fingerprint density at radius 1 is 1.10 bits per heavy atom. The van der Waals surface area contributed by atoms with E-state index in [-0.39, 0.29) is 11.5 Å². The third-order valence-electron chi connectivity index (χ3n) is 4.78. The molecule has 1 heterocycles. The molecule has 156 valence electrons. The van der Waals surface area contributed by atoms with E-state index in [4.69, 9.17) is 9.47 Å². The average molecular weight is 407 g/mol. The van der Waals surface area contributed by atoms with Crippen molar-refractivity contribution in [3.63, 3.8) is 0 Å². The molecule has 0 radical (unpaired) electrons. The number of nitrogens with zero attached hydrogens (tertiary/aromatic N) is 2. The van der Waals surface area contributed by atoms with Crippen LogP contribution in [0.3, 0.4) is 0 Å². The first-order valence-electron chi connectivity index (χ1n) is 9.60. The van der Waals surface area contributed by atoms with E-state index in [1.807, 2.05) is 46.0 Å². The summed E-state index contributed by atoms with van der Waals surface area (Å²) in [6.07, 6.45) is 1.01. The van der Waals surface area contributed by atoms with Crippen LogP contribution in [0.15, 0.2) is 48.7 Å². The van der Waals surface area contributed by atoms with Crippen LogP contribution < -0.4 is 10.1 Å². The van der Waals surface area contributed by atoms with Crippen molar-refractivity contribution in [2.45, 2.75) is 26.7 Å². The molecule has 7 nitrogen and oxygen atoms in total. The van der Waals surface area contributed by atoms with Gasteiger partial charge < -0.3 is 9.47 Å². The molecule has 0 saturated heterocycles. The number of anilines is 1. The third kappa shape index (κ3) is 4.51. The number of amides is 1. The van der Waals surface area contributed by atoms with Crippen LogP contribution in [0.4, 0.5) is 10.5 Å². The quantitative estimate of drug-likeness (QED) is 0.607. The maximum absolute atomic E-state index is 12.5. The van der Waals surface area contributed by atoms with E-state index in [1.165, 1.54) is 7.11 Å². The van der Waals surface area contributed by atoms with Gasteiger partial charge in [-0.2, -0.15) is 5.10 Å². The Morgan fingerprint density at radius 3 is 2.37 bits per heavy atom. The Bertz CT molecular complexity index is 1070. The number of carbonyl (C=O) groups is 2. The van der Waals surface area contributed by atoms with Crippen LogP contribution in [-0.4, -0.2) is 29.0 Å². The fourth-order valence-electron chi connectivity index (χ4n) is 3.19. The largest absolute Gasteiger partial charge is 0.465 e. The smallest absolute Gasteiger partial charge is 0.417 e. The molecule has 3 aromatic rings. The maximum atomic E-state index is 12.5. The summed E-state index contributed by atoms with van der Waals surface area (Å²) in [5.74, 6) is -0.0112. The zero-order chi connectivity index (χ0) is 21.8. The number of aromatic nitrogens is 2. The van der Waals surface area contributed by atoms with Crippen molar-refractivity contribution < 1.29 is 19.1 Å². The summed E-state index contributed by atoms with van der Waals surface area (Å²) >= 11 is 0. The van der Waals surface area contributed by atoms with Crippen molar-refractivity contribution in [3.8, 4) is 17.0 Å². The van der Waals surface area contributed by atoms with Gasteiger partial charge in [-0.15, -0.1) is 0 Å². The van der Waals surface area contributed by atoms with Gasteiger partial charge in [-0.25, -0.2) is 9.59 Å². The number of ether oxygens (including phenoxy) is 2. The second kappa shape index (κ2) is 8.82. The number of esters is 1. The molecule has 0 saturated carbocycles. The summed E-state index contributed by atoms with van der Waals surface area (Å²) in [6.45, 7) is 6.03. The standard InChI is InChI=1S/C23H25N3O4/c1-14(2)17-13-20(25-23(28)30-16-8-6-15(3)7-9-16)19(22(27)29-5)12-18(17)21-10-11-24-26(21)4/h6-14H,1-5H3,(H,25,28). The molecule has 0 aliphatic carbocycles. The van der Waals surface area contributed by atoms with Crippen LogP contribution in [-0.2, 0) is 11.8 Å². The third-order valence-corrected chi connectivity index (χ3v) is 4.78. The van der Waals surface area contributed by atoms with Crippen LogP contribution in [0.2, 0.25) is 0 Å². The summed E-state index contributed by atoms with van der Waals surface area (Å²) < 4.78 is 12.0. The lowest BCUT2D eigenvalue weighted by Gasteiger charge is -2.18. The number of nitrogens with one attached hydrogen (secondary N) is 1. The van der Waals surface area contributed by atoms with Crippen molar-refractivity contribution in [2.75, 3.05) is 12.4 Å². The van der Waals surface area contributed by atoms with Gasteiger partial charge in [0.05, 0.1) is 24.1 Å². The van der Waals surface area contributed by atoms with E-state index in [9.17, 15) is 9.59 Å². The molecule has 0 spiro atoms. The van der Waals surface area contributed by atoms with Crippen LogP contribution in [0.5, 0.6) is 5.75 Å². The van der Waals surface area contributed by atoms with E-state index in [2.05, 4.69) is 10.4 Å².